The summed E-state index contributed by atoms with van der Waals surface area (Å²) in [6, 6.07) is 0.860. The minimum Gasteiger partial charge on any atom is -0.454 e. The van der Waals surface area contributed by atoms with E-state index in [1.807, 2.05) is 0 Å². The Morgan fingerprint density at radius 1 is 1.28 bits per heavy atom. The molecule has 0 saturated carbocycles. The molecular formula is C10H9ClF3NO3. The van der Waals surface area contributed by atoms with Crippen LogP contribution in [0, 0.1) is 0 Å². The highest BCUT2D eigenvalue weighted by atomic mass is 35.5. The van der Waals surface area contributed by atoms with E-state index in [2.05, 4.69) is 0 Å². The van der Waals surface area contributed by atoms with Crippen molar-refractivity contribution in [1.82, 2.24) is 0 Å². The Labute approximate surface area is 105 Å². The van der Waals surface area contributed by atoms with Crippen molar-refractivity contribution in [2.45, 2.75) is 18.3 Å². The lowest BCUT2D eigenvalue weighted by Crippen LogP contribution is -2.38. The molecule has 3 N–H and O–H groups in total. The minimum absolute atomic E-state index is 0.0185. The fourth-order valence-corrected chi connectivity index (χ4v) is 1.84. The first-order chi connectivity index (χ1) is 8.30. The van der Waals surface area contributed by atoms with E-state index in [4.69, 9.17) is 31.9 Å². The number of ether oxygens (including phenoxy) is 2. The van der Waals surface area contributed by atoms with Gasteiger partial charge in [0.05, 0.1) is 6.04 Å². The van der Waals surface area contributed by atoms with E-state index in [1.165, 1.54) is 12.1 Å². The van der Waals surface area contributed by atoms with Gasteiger partial charge < -0.3 is 20.3 Å². The van der Waals surface area contributed by atoms with Crippen molar-refractivity contribution >= 4 is 11.6 Å². The van der Waals surface area contributed by atoms with Gasteiger partial charge >= 0.3 is 6.18 Å². The van der Waals surface area contributed by atoms with Crippen LogP contribution in [-0.2, 0) is 0 Å². The summed E-state index contributed by atoms with van der Waals surface area (Å²) in [4.78, 5) is 0. The summed E-state index contributed by atoms with van der Waals surface area (Å²) in [6.07, 6.45) is -7.52. The second-order valence-corrected chi connectivity index (χ2v) is 4.15. The average Bonchev–Trinajstić information content (AvgIpc) is 2.71. The molecule has 2 atom stereocenters. The maximum Gasteiger partial charge on any atom is 0.416 e. The summed E-state index contributed by atoms with van der Waals surface area (Å²) in [5, 5.41) is 9.08. The molecule has 0 radical (unpaired) electrons. The summed E-state index contributed by atoms with van der Waals surface area (Å²) < 4.78 is 47.1. The molecule has 0 aromatic heterocycles. The van der Waals surface area contributed by atoms with Gasteiger partial charge in [0.25, 0.3) is 0 Å². The predicted octanol–water partition coefficient (Wildman–Crippen LogP) is 1.99. The molecule has 1 aliphatic heterocycles. The lowest BCUT2D eigenvalue weighted by Gasteiger charge is -2.22. The van der Waals surface area contributed by atoms with Gasteiger partial charge in [0, 0.05) is 11.1 Å². The molecule has 4 nitrogen and oxygen atoms in total. The van der Waals surface area contributed by atoms with Crippen LogP contribution in [0.25, 0.3) is 0 Å². The first kappa shape index (κ1) is 13.3. The summed E-state index contributed by atoms with van der Waals surface area (Å²) in [5.74, 6) is 0.580. The first-order valence-electron chi connectivity index (χ1n) is 4.90. The van der Waals surface area contributed by atoms with E-state index >= 15 is 0 Å². The van der Waals surface area contributed by atoms with Crippen LogP contribution < -0.4 is 15.2 Å². The van der Waals surface area contributed by atoms with E-state index in [0.717, 1.165) is 0 Å². The van der Waals surface area contributed by atoms with Gasteiger partial charge in [-0.05, 0) is 11.6 Å². The van der Waals surface area contributed by atoms with Crippen LogP contribution in [0.3, 0.4) is 0 Å². The molecular weight excluding hydrogens is 275 g/mol. The van der Waals surface area contributed by atoms with Crippen molar-refractivity contribution in [3.05, 3.63) is 22.7 Å². The van der Waals surface area contributed by atoms with Crippen molar-refractivity contribution in [2.75, 3.05) is 6.79 Å². The molecule has 1 aromatic carbocycles. The van der Waals surface area contributed by atoms with Gasteiger partial charge in [-0.25, -0.2) is 0 Å². The number of hydrogen-bond donors (Lipinski definition) is 2. The molecule has 0 bridgehead atoms. The van der Waals surface area contributed by atoms with Crippen molar-refractivity contribution in [3.63, 3.8) is 0 Å². The molecule has 0 spiro atoms. The molecule has 0 aliphatic carbocycles. The molecule has 1 heterocycles. The van der Waals surface area contributed by atoms with Crippen molar-refractivity contribution in [1.29, 1.82) is 0 Å². The monoisotopic (exact) mass is 283 g/mol. The maximum absolute atomic E-state index is 12.4. The molecule has 0 fully saturated rings. The normalized spacial score (nSPS) is 17.7. The zero-order valence-corrected chi connectivity index (χ0v) is 9.63. The molecule has 100 valence electrons. The van der Waals surface area contributed by atoms with Gasteiger partial charge in [0.1, 0.15) is 0 Å². The molecule has 0 saturated heterocycles. The lowest BCUT2D eigenvalue weighted by atomic mass is 10.0. The highest BCUT2D eigenvalue weighted by molar-refractivity contribution is 6.31. The van der Waals surface area contributed by atoms with Gasteiger partial charge in [-0.15, -0.1) is 0 Å². The average molecular weight is 284 g/mol. The van der Waals surface area contributed by atoms with Gasteiger partial charge in [0.2, 0.25) is 6.79 Å². The van der Waals surface area contributed by atoms with Crippen molar-refractivity contribution in [2.24, 2.45) is 5.73 Å². The highest BCUT2D eigenvalue weighted by Gasteiger charge is 2.43. The second kappa shape index (κ2) is 4.49. The number of nitrogens with two attached hydrogens (primary N) is 1. The van der Waals surface area contributed by atoms with E-state index in [-0.39, 0.29) is 23.1 Å². The number of fused-ring (bicyclic) bond motifs is 1. The maximum atomic E-state index is 12.4. The van der Waals surface area contributed by atoms with Gasteiger partial charge in [-0.3, -0.25) is 0 Å². The standard InChI is InChI=1S/C10H9ClF3NO3/c11-5-2-7-6(17-3-18-7)1-4(5)8(15)9(16)10(12,13)14/h1-2,8-9,16H,3,15H2/t8-,9-/m1/s1. The second-order valence-electron chi connectivity index (χ2n) is 3.74. The summed E-state index contributed by atoms with van der Waals surface area (Å²) in [7, 11) is 0. The van der Waals surface area contributed by atoms with Crippen LogP contribution in [0.15, 0.2) is 12.1 Å². The third-order valence-corrected chi connectivity index (χ3v) is 2.85. The largest absolute Gasteiger partial charge is 0.454 e. The highest BCUT2D eigenvalue weighted by Crippen LogP contribution is 2.40. The third-order valence-electron chi connectivity index (χ3n) is 2.53. The number of aliphatic hydroxyl groups is 1. The number of alkyl halides is 3. The Morgan fingerprint density at radius 2 is 1.83 bits per heavy atom. The number of rotatable bonds is 2. The molecule has 0 amide bonds. The summed E-state index contributed by atoms with van der Waals surface area (Å²) >= 11 is 5.80. The zero-order chi connectivity index (χ0) is 13.5. The fraction of sp³-hybridized carbons (Fsp3) is 0.400. The van der Waals surface area contributed by atoms with E-state index < -0.39 is 18.3 Å². The third kappa shape index (κ3) is 2.33. The van der Waals surface area contributed by atoms with Crippen molar-refractivity contribution in [3.8, 4) is 11.5 Å². The molecule has 2 rings (SSSR count). The Morgan fingerprint density at radius 3 is 2.39 bits per heavy atom. The number of aliphatic hydroxyl groups excluding tert-OH is 1. The summed E-state index contributed by atoms with van der Waals surface area (Å²) in [5.41, 5.74) is 5.32. The smallest absolute Gasteiger partial charge is 0.416 e. The van der Waals surface area contributed by atoms with E-state index in [1.54, 1.807) is 0 Å². The summed E-state index contributed by atoms with van der Waals surface area (Å²) in [6.45, 7) is -0.0355. The number of benzene rings is 1. The Balaban J connectivity index is 2.34. The van der Waals surface area contributed by atoms with Crippen LogP contribution in [-0.4, -0.2) is 24.2 Å². The van der Waals surface area contributed by atoms with Crippen LogP contribution in [0.5, 0.6) is 11.5 Å². The first-order valence-corrected chi connectivity index (χ1v) is 5.28. The SMILES string of the molecule is N[C@H](c1cc2c(cc1Cl)OCO2)[C@@H](O)C(F)(F)F. The van der Waals surface area contributed by atoms with E-state index in [0.29, 0.717) is 5.75 Å². The molecule has 1 aromatic rings. The van der Waals surface area contributed by atoms with Crippen LogP contribution in [0.4, 0.5) is 13.2 Å². The Hall–Kier alpha value is -1.18. The topological polar surface area (TPSA) is 64.7 Å². The van der Waals surface area contributed by atoms with Gasteiger partial charge in [0.15, 0.2) is 17.6 Å². The van der Waals surface area contributed by atoms with Gasteiger partial charge in [-0.1, -0.05) is 11.6 Å². The van der Waals surface area contributed by atoms with E-state index in [9.17, 15) is 13.2 Å². The quantitative estimate of drug-likeness (QED) is 0.871. The number of hydrogen-bond acceptors (Lipinski definition) is 4. The predicted molar refractivity (Wildman–Crippen MR) is 56.6 cm³/mol. The Bertz CT molecular complexity index is 466. The Kier molecular flexibility index (Phi) is 3.31. The van der Waals surface area contributed by atoms with Gasteiger partial charge in [-0.2, -0.15) is 13.2 Å². The van der Waals surface area contributed by atoms with Crippen LogP contribution in [0.1, 0.15) is 11.6 Å². The molecule has 8 heteroatoms. The fourth-order valence-electron chi connectivity index (χ4n) is 1.56. The lowest BCUT2D eigenvalue weighted by molar-refractivity contribution is -0.210. The molecule has 1 aliphatic rings. The van der Waals surface area contributed by atoms with Crippen LogP contribution in [0.2, 0.25) is 5.02 Å². The van der Waals surface area contributed by atoms with Crippen molar-refractivity contribution < 1.29 is 27.8 Å². The zero-order valence-electron chi connectivity index (χ0n) is 8.87. The minimum atomic E-state index is -4.82. The molecule has 0 unspecified atom stereocenters. The number of halogens is 4. The molecule has 18 heavy (non-hydrogen) atoms. The van der Waals surface area contributed by atoms with Crippen LogP contribution >= 0.6 is 11.6 Å².